The summed E-state index contributed by atoms with van der Waals surface area (Å²) in [5.41, 5.74) is 3.00. The van der Waals surface area contributed by atoms with E-state index in [1.807, 2.05) is 36.4 Å². The number of amides is 2. The van der Waals surface area contributed by atoms with E-state index in [0.29, 0.717) is 30.1 Å². The van der Waals surface area contributed by atoms with Gasteiger partial charge in [0.1, 0.15) is 11.3 Å². The van der Waals surface area contributed by atoms with Gasteiger partial charge in [-0.25, -0.2) is 4.98 Å². The lowest BCUT2D eigenvalue weighted by molar-refractivity contribution is -0.126. The van der Waals surface area contributed by atoms with E-state index in [0.717, 1.165) is 17.0 Å². The van der Waals surface area contributed by atoms with E-state index in [9.17, 15) is 9.59 Å². The van der Waals surface area contributed by atoms with Crippen molar-refractivity contribution in [3.05, 3.63) is 53.9 Å². The van der Waals surface area contributed by atoms with Gasteiger partial charge in [-0.3, -0.25) is 9.59 Å². The maximum atomic E-state index is 12.6. The lowest BCUT2D eigenvalue weighted by atomic mass is 10.1. The van der Waals surface area contributed by atoms with E-state index in [2.05, 4.69) is 10.3 Å². The highest BCUT2D eigenvalue weighted by Crippen LogP contribution is 2.28. The van der Waals surface area contributed by atoms with Crippen LogP contribution in [0.2, 0.25) is 0 Å². The molecule has 2 heterocycles. The standard InChI is InChI=1S/C21H21N3O4/c1-13-23-17-10-16(7-8-19(17)28-13)24-12-15(9-20(24)25)21(26)22-11-14-5-3-4-6-18(14)27-2/h3-8,10,15H,9,11-12H2,1-2H3,(H,22,26). The van der Waals surface area contributed by atoms with E-state index in [4.69, 9.17) is 9.15 Å². The predicted molar refractivity (Wildman–Crippen MR) is 104 cm³/mol. The Morgan fingerprint density at radius 3 is 2.96 bits per heavy atom. The van der Waals surface area contributed by atoms with Crippen LogP contribution in [0.15, 0.2) is 46.9 Å². The van der Waals surface area contributed by atoms with Crippen molar-refractivity contribution in [1.29, 1.82) is 0 Å². The maximum absolute atomic E-state index is 12.6. The van der Waals surface area contributed by atoms with E-state index < -0.39 is 5.92 Å². The molecule has 0 saturated carbocycles. The van der Waals surface area contributed by atoms with Crippen molar-refractivity contribution < 1.29 is 18.7 Å². The van der Waals surface area contributed by atoms with Crippen LogP contribution in [0.25, 0.3) is 11.1 Å². The number of benzene rings is 2. The third-order valence-electron chi connectivity index (χ3n) is 4.93. The Labute approximate surface area is 162 Å². The number of anilines is 1. The number of hydrogen-bond donors (Lipinski definition) is 1. The van der Waals surface area contributed by atoms with Crippen molar-refractivity contribution >= 4 is 28.6 Å². The van der Waals surface area contributed by atoms with Crippen molar-refractivity contribution in [2.75, 3.05) is 18.6 Å². The third kappa shape index (κ3) is 3.43. The molecule has 1 atom stereocenters. The number of hydrogen-bond acceptors (Lipinski definition) is 5. The molecule has 7 heteroatoms. The van der Waals surface area contributed by atoms with E-state index in [1.165, 1.54) is 0 Å². The molecule has 7 nitrogen and oxygen atoms in total. The van der Waals surface area contributed by atoms with Crippen LogP contribution in [0.1, 0.15) is 17.9 Å². The van der Waals surface area contributed by atoms with Crippen molar-refractivity contribution in [3.63, 3.8) is 0 Å². The van der Waals surface area contributed by atoms with Crippen molar-refractivity contribution in [2.24, 2.45) is 5.92 Å². The topological polar surface area (TPSA) is 84.7 Å². The molecule has 0 spiro atoms. The van der Waals surface area contributed by atoms with Crippen LogP contribution in [-0.2, 0) is 16.1 Å². The summed E-state index contributed by atoms with van der Waals surface area (Å²) in [5.74, 6) is 0.700. The molecule has 4 rings (SSSR count). The number of aromatic nitrogens is 1. The zero-order chi connectivity index (χ0) is 19.7. The average Bonchev–Trinajstić information content (AvgIpc) is 3.27. The Balaban J connectivity index is 1.44. The second kappa shape index (κ2) is 7.34. The van der Waals surface area contributed by atoms with Gasteiger partial charge in [0, 0.05) is 37.7 Å². The highest BCUT2D eigenvalue weighted by molar-refractivity contribution is 6.01. The Hall–Kier alpha value is -3.35. The normalized spacial score (nSPS) is 16.6. The molecule has 1 aliphatic rings. The minimum Gasteiger partial charge on any atom is -0.496 e. The van der Waals surface area contributed by atoms with Gasteiger partial charge in [-0.15, -0.1) is 0 Å². The molecule has 0 aliphatic carbocycles. The van der Waals surface area contributed by atoms with Crippen molar-refractivity contribution in [2.45, 2.75) is 19.9 Å². The summed E-state index contributed by atoms with van der Waals surface area (Å²) in [6.07, 6.45) is 0.188. The molecule has 1 fully saturated rings. The van der Waals surface area contributed by atoms with Crippen LogP contribution in [0.5, 0.6) is 5.75 Å². The Morgan fingerprint density at radius 2 is 2.14 bits per heavy atom. The second-order valence-corrected chi connectivity index (χ2v) is 6.82. The summed E-state index contributed by atoms with van der Waals surface area (Å²) in [4.78, 5) is 31.0. The first-order chi connectivity index (χ1) is 13.5. The van der Waals surface area contributed by atoms with E-state index in [1.54, 1.807) is 25.0 Å². The highest BCUT2D eigenvalue weighted by Gasteiger charge is 2.35. The summed E-state index contributed by atoms with van der Waals surface area (Å²) >= 11 is 0. The molecule has 0 bridgehead atoms. The fourth-order valence-electron chi connectivity index (χ4n) is 3.51. The summed E-state index contributed by atoms with van der Waals surface area (Å²) < 4.78 is 10.8. The SMILES string of the molecule is COc1ccccc1CNC(=O)C1CC(=O)N(c2ccc3oc(C)nc3c2)C1. The smallest absolute Gasteiger partial charge is 0.227 e. The molecular formula is C21H21N3O4. The monoisotopic (exact) mass is 379 g/mol. The molecule has 0 radical (unpaired) electrons. The van der Waals surface area contributed by atoms with Crippen LogP contribution in [0, 0.1) is 12.8 Å². The number of nitrogens with zero attached hydrogens (tertiary/aromatic N) is 2. The van der Waals surface area contributed by atoms with Gasteiger partial charge in [-0.1, -0.05) is 18.2 Å². The van der Waals surface area contributed by atoms with Crippen LogP contribution < -0.4 is 15.0 Å². The van der Waals surface area contributed by atoms with Gasteiger partial charge in [-0.05, 0) is 24.3 Å². The number of aryl methyl sites for hydroxylation is 1. The Kier molecular flexibility index (Phi) is 4.73. The van der Waals surface area contributed by atoms with Crippen molar-refractivity contribution in [3.8, 4) is 5.75 Å². The number of oxazole rings is 1. The molecule has 1 unspecified atom stereocenters. The highest BCUT2D eigenvalue weighted by atomic mass is 16.5. The van der Waals surface area contributed by atoms with Gasteiger partial charge >= 0.3 is 0 Å². The van der Waals surface area contributed by atoms with E-state index >= 15 is 0 Å². The van der Waals surface area contributed by atoms with Gasteiger partial charge in [0.15, 0.2) is 11.5 Å². The summed E-state index contributed by atoms with van der Waals surface area (Å²) in [7, 11) is 1.60. The van der Waals surface area contributed by atoms with Crippen molar-refractivity contribution in [1.82, 2.24) is 10.3 Å². The number of rotatable bonds is 5. The molecule has 28 heavy (non-hydrogen) atoms. The minimum absolute atomic E-state index is 0.0722. The van der Waals surface area contributed by atoms with Gasteiger partial charge in [0.25, 0.3) is 0 Å². The summed E-state index contributed by atoms with van der Waals surface area (Å²) in [6.45, 7) is 2.49. The first-order valence-electron chi connectivity index (χ1n) is 9.12. The molecule has 2 aromatic carbocycles. The predicted octanol–water partition coefficient (Wildman–Crippen LogP) is 2.81. The fraction of sp³-hybridized carbons (Fsp3) is 0.286. The Bertz CT molecular complexity index is 1040. The number of fused-ring (bicyclic) bond motifs is 1. The second-order valence-electron chi connectivity index (χ2n) is 6.82. The van der Waals surface area contributed by atoms with Gasteiger partial charge in [0.05, 0.1) is 13.0 Å². The molecule has 2 amide bonds. The maximum Gasteiger partial charge on any atom is 0.227 e. The molecule has 1 N–H and O–H groups in total. The number of methoxy groups -OCH3 is 1. The minimum atomic E-state index is -0.392. The zero-order valence-corrected chi connectivity index (χ0v) is 15.8. The fourth-order valence-corrected chi connectivity index (χ4v) is 3.51. The molecule has 1 saturated heterocycles. The number of nitrogens with one attached hydrogen (secondary N) is 1. The van der Waals surface area contributed by atoms with Gasteiger partial charge < -0.3 is 19.4 Å². The quantitative estimate of drug-likeness (QED) is 0.737. The van der Waals surface area contributed by atoms with Gasteiger partial charge in [-0.2, -0.15) is 0 Å². The number of carbonyl (C=O) groups excluding carboxylic acids is 2. The summed E-state index contributed by atoms with van der Waals surface area (Å²) in [6, 6.07) is 13.0. The first kappa shape index (κ1) is 18.0. The zero-order valence-electron chi connectivity index (χ0n) is 15.8. The van der Waals surface area contributed by atoms with Crippen LogP contribution >= 0.6 is 0 Å². The lowest BCUT2D eigenvalue weighted by Crippen LogP contribution is -2.32. The number of ether oxygens (including phenoxy) is 1. The Morgan fingerprint density at radius 1 is 1.32 bits per heavy atom. The molecule has 3 aromatic rings. The van der Waals surface area contributed by atoms with Gasteiger partial charge in [0.2, 0.25) is 11.8 Å². The first-order valence-corrected chi connectivity index (χ1v) is 9.12. The molecule has 1 aromatic heterocycles. The molecule has 1 aliphatic heterocycles. The number of carbonyl (C=O) groups is 2. The largest absolute Gasteiger partial charge is 0.496 e. The van der Waals surface area contributed by atoms with E-state index in [-0.39, 0.29) is 18.2 Å². The molecular weight excluding hydrogens is 358 g/mol. The van der Waals surface area contributed by atoms with Crippen LogP contribution in [-0.4, -0.2) is 30.5 Å². The summed E-state index contributed by atoms with van der Waals surface area (Å²) in [5, 5.41) is 2.92. The lowest BCUT2D eigenvalue weighted by Gasteiger charge is -2.17. The average molecular weight is 379 g/mol. The third-order valence-corrected chi connectivity index (χ3v) is 4.93. The van der Waals surface area contributed by atoms with Crippen LogP contribution in [0.4, 0.5) is 5.69 Å². The number of para-hydroxylation sites is 1. The van der Waals surface area contributed by atoms with Crippen LogP contribution in [0.3, 0.4) is 0 Å². The molecule has 144 valence electrons.